The number of ketones is 1. The first-order chi connectivity index (χ1) is 9.95. The fourth-order valence-corrected chi connectivity index (χ4v) is 1.81. The van der Waals surface area contributed by atoms with Crippen LogP contribution in [0.3, 0.4) is 0 Å². The predicted octanol–water partition coefficient (Wildman–Crippen LogP) is 3.73. The zero-order valence-electron chi connectivity index (χ0n) is 10.4. The minimum atomic E-state index is -1.78. The molecule has 0 aliphatic rings. The van der Waals surface area contributed by atoms with Crippen LogP contribution < -0.4 is 0 Å². The number of hydrogen-bond acceptors (Lipinski definition) is 2. The summed E-state index contributed by atoms with van der Waals surface area (Å²) in [4.78, 5) is 12.1. The standard InChI is InChI=1S/C15H7F4NO/c16-9-3-1-8(2-4-9)11(7-20)15(21)10-5-6-12(17)14(19)13(10)18/h1-6,11H. The van der Waals surface area contributed by atoms with Crippen molar-refractivity contribution >= 4 is 5.78 Å². The molecule has 6 heteroatoms. The Hall–Kier alpha value is -2.68. The van der Waals surface area contributed by atoms with Crippen LogP contribution in [-0.4, -0.2) is 5.78 Å². The lowest BCUT2D eigenvalue weighted by Gasteiger charge is -2.10. The second kappa shape index (κ2) is 5.75. The van der Waals surface area contributed by atoms with Gasteiger partial charge in [0.1, 0.15) is 11.7 Å². The van der Waals surface area contributed by atoms with E-state index < -0.39 is 40.5 Å². The highest BCUT2D eigenvalue weighted by Crippen LogP contribution is 2.24. The number of hydrogen-bond donors (Lipinski definition) is 0. The summed E-state index contributed by atoms with van der Waals surface area (Å²) < 4.78 is 52.4. The van der Waals surface area contributed by atoms with Crippen molar-refractivity contribution in [3.05, 3.63) is 70.8 Å². The Kier molecular flexibility index (Phi) is 4.03. The summed E-state index contributed by atoms with van der Waals surface area (Å²) in [7, 11) is 0. The van der Waals surface area contributed by atoms with Gasteiger partial charge in [0.05, 0.1) is 11.6 Å². The van der Waals surface area contributed by atoms with Crippen LogP contribution in [0.5, 0.6) is 0 Å². The maximum absolute atomic E-state index is 13.6. The lowest BCUT2D eigenvalue weighted by atomic mass is 9.91. The van der Waals surface area contributed by atoms with Crippen LogP contribution in [0, 0.1) is 34.6 Å². The molecule has 0 amide bonds. The van der Waals surface area contributed by atoms with Crippen molar-refractivity contribution < 1.29 is 22.4 Å². The van der Waals surface area contributed by atoms with Crippen molar-refractivity contribution in [1.82, 2.24) is 0 Å². The van der Waals surface area contributed by atoms with E-state index in [1.54, 1.807) is 6.07 Å². The second-order valence-electron chi connectivity index (χ2n) is 4.20. The Morgan fingerprint density at radius 1 is 0.952 bits per heavy atom. The van der Waals surface area contributed by atoms with Crippen LogP contribution in [0.15, 0.2) is 36.4 Å². The predicted molar refractivity (Wildman–Crippen MR) is 65.4 cm³/mol. The van der Waals surface area contributed by atoms with E-state index in [1.807, 2.05) is 0 Å². The maximum atomic E-state index is 13.6. The molecule has 0 aliphatic carbocycles. The van der Waals surface area contributed by atoms with E-state index in [0.29, 0.717) is 6.07 Å². The third kappa shape index (κ3) is 2.77. The van der Waals surface area contributed by atoms with Gasteiger partial charge in [-0.25, -0.2) is 17.6 Å². The molecule has 0 aliphatic heterocycles. The molecule has 0 fully saturated rings. The molecule has 0 radical (unpaired) electrons. The van der Waals surface area contributed by atoms with Gasteiger partial charge in [-0.05, 0) is 29.8 Å². The lowest BCUT2D eigenvalue weighted by molar-refractivity contribution is 0.0973. The van der Waals surface area contributed by atoms with Gasteiger partial charge in [0.25, 0.3) is 0 Å². The monoisotopic (exact) mass is 293 g/mol. The van der Waals surface area contributed by atoms with E-state index in [0.717, 1.165) is 18.2 Å². The molecule has 2 nitrogen and oxygen atoms in total. The van der Waals surface area contributed by atoms with Gasteiger partial charge < -0.3 is 0 Å². The van der Waals surface area contributed by atoms with E-state index in [4.69, 9.17) is 5.26 Å². The van der Waals surface area contributed by atoms with Gasteiger partial charge in [0, 0.05) is 0 Å². The first-order valence-corrected chi connectivity index (χ1v) is 5.78. The number of nitrogens with zero attached hydrogens (tertiary/aromatic N) is 1. The van der Waals surface area contributed by atoms with E-state index in [-0.39, 0.29) is 5.56 Å². The summed E-state index contributed by atoms with van der Waals surface area (Å²) in [5.74, 6) is -7.90. The zero-order chi connectivity index (χ0) is 15.6. The molecule has 0 bridgehead atoms. The topological polar surface area (TPSA) is 40.9 Å². The summed E-state index contributed by atoms with van der Waals surface area (Å²) in [5.41, 5.74) is -0.599. The van der Waals surface area contributed by atoms with Gasteiger partial charge in [0.15, 0.2) is 23.2 Å². The van der Waals surface area contributed by atoms with E-state index in [9.17, 15) is 22.4 Å². The minimum absolute atomic E-state index is 0.132. The number of benzene rings is 2. The third-order valence-corrected chi connectivity index (χ3v) is 2.90. The minimum Gasteiger partial charge on any atom is -0.292 e. The van der Waals surface area contributed by atoms with Crippen LogP contribution in [-0.2, 0) is 0 Å². The molecule has 0 heterocycles. The number of rotatable bonds is 3. The molecule has 0 saturated heterocycles. The Bertz CT molecular complexity index is 735. The van der Waals surface area contributed by atoms with Crippen molar-refractivity contribution in [3.8, 4) is 6.07 Å². The largest absolute Gasteiger partial charge is 0.292 e. The van der Waals surface area contributed by atoms with Crippen molar-refractivity contribution in [2.45, 2.75) is 5.92 Å². The number of carbonyl (C=O) groups is 1. The molecule has 106 valence electrons. The van der Waals surface area contributed by atoms with Gasteiger partial charge in [0.2, 0.25) is 0 Å². The Morgan fingerprint density at radius 3 is 2.14 bits per heavy atom. The van der Waals surface area contributed by atoms with E-state index >= 15 is 0 Å². The van der Waals surface area contributed by atoms with Gasteiger partial charge in [-0.2, -0.15) is 5.26 Å². The van der Waals surface area contributed by atoms with Gasteiger partial charge in [-0.15, -0.1) is 0 Å². The fourth-order valence-electron chi connectivity index (χ4n) is 1.81. The highest BCUT2D eigenvalue weighted by Gasteiger charge is 2.26. The molecule has 21 heavy (non-hydrogen) atoms. The molecule has 2 rings (SSSR count). The molecule has 0 spiro atoms. The Morgan fingerprint density at radius 2 is 1.57 bits per heavy atom. The number of Topliss-reactive ketones (excluding diaryl/α,β-unsaturated/α-hetero) is 1. The SMILES string of the molecule is N#CC(C(=O)c1ccc(F)c(F)c1F)c1ccc(F)cc1. The first-order valence-electron chi connectivity index (χ1n) is 5.78. The molecule has 0 aromatic heterocycles. The molecule has 0 saturated carbocycles. The molecule has 2 aromatic carbocycles. The number of halogens is 4. The summed E-state index contributed by atoms with van der Waals surface area (Å²) in [6.45, 7) is 0. The van der Waals surface area contributed by atoms with E-state index in [1.165, 1.54) is 12.1 Å². The van der Waals surface area contributed by atoms with Crippen LogP contribution in [0.4, 0.5) is 17.6 Å². The highest BCUT2D eigenvalue weighted by atomic mass is 19.2. The van der Waals surface area contributed by atoms with Crippen molar-refractivity contribution in [2.24, 2.45) is 0 Å². The van der Waals surface area contributed by atoms with Crippen molar-refractivity contribution in [1.29, 1.82) is 5.26 Å². The summed E-state index contributed by atoms with van der Waals surface area (Å²) in [6, 6.07) is 7.47. The Labute approximate surface area is 117 Å². The quantitative estimate of drug-likeness (QED) is 0.491. The number of carbonyl (C=O) groups excluding carboxylic acids is 1. The molecule has 1 atom stereocenters. The van der Waals surface area contributed by atoms with Crippen molar-refractivity contribution in [3.63, 3.8) is 0 Å². The van der Waals surface area contributed by atoms with Crippen LogP contribution in [0.2, 0.25) is 0 Å². The van der Waals surface area contributed by atoms with Crippen LogP contribution in [0.25, 0.3) is 0 Å². The first kappa shape index (κ1) is 14.7. The van der Waals surface area contributed by atoms with E-state index in [2.05, 4.69) is 0 Å². The van der Waals surface area contributed by atoms with Gasteiger partial charge >= 0.3 is 0 Å². The van der Waals surface area contributed by atoms with Crippen LogP contribution >= 0.6 is 0 Å². The molecule has 0 N–H and O–H groups in total. The smallest absolute Gasteiger partial charge is 0.195 e. The second-order valence-corrected chi connectivity index (χ2v) is 4.20. The maximum Gasteiger partial charge on any atom is 0.195 e. The third-order valence-electron chi connectivity index (χ3n) is 2.90. The summed E-state index contributed by atoms with van der Waals surface area (Å²) in [5, 5.41) is 9.04. The summed E-state index contributed by atoms with van der Waals surface area (Å²) in [6.07, 6.45) is 0. The molecule has 1 unspecified atom stereocenters. The molecular formula is C15H7F4NO. The Balaban J connectivity index is 2.45. The van der Waals surface area contributed by atoms with Crippen molar-refractivity contribution in [2.75, 3.05) is 0 Å². The zero-order valence-corrected chi connectivity index (χ0v) is 10.4. The molecular weight excluding hydrogens is 286 g/mol. The normalized spacial score (nSPS) is 11.8. The van der Waals surface area contributed by atoms with Gasteiger partial charge in [-0.3, -0.25) is 4.79 Å². The fraction of sp³-hybridized carbons (Fsp3) is 0.0667. The summed E-state index contributed by atoms with van der Waals surface area (Å²) >= 11 is 0. The highest BCUT2D eigenvalue weighted by molar-refractivity contribution is 6.03. The van der Waals surface area contributed by atoms with Gasteiger partial charge in [-0.1, -0.05) is 12.1 Å². The average molecular weight is 293 g/mol. The van der Waals surface area contributed by atoms with Crippen LogP contribution in [0.1, 0.15) is 21.8 Å². The molecule has 2 aromatic rings. The number of nitriles is 1. The lowest BCUT2D eigenvalue weighted by Crippen LogP contribution is -2.14. The average Bonchev–Trinajstić information content (AvgIpc) is 2.47.